The monoisotopic (exact) mass is 387 g/mol. The molecule has 25 heavy (non-hydrogen) atoms. The van der Waals surface area contributed by atoms with Crippen LogP contribution in [0, 0.1) is 0 Å². The number of rotatable bonds is 5. The Morgan fingerprint density at radius 2 is 1.72 bits per heavy atom. The number of amides is 3. The van der Waals surface area contributed by atoms with Gasteiger partial charge < -0.3 is 20.2 Å². The number of hydrogen-bond acceptors (Lipinski definition) is 3. The molecule has 2 N–H and O–H groups in total. The van der Waals surface area contributed by atoms with Crippen LogP contribution in [-0.2, 0) is 4.79 Å². The van der Waals surface area contributed by atoms with Gasteiger partial charge in [-0.3, -0.25) is 9.59 Å². The Balaban J connectivity index is 1.81. The SMILES string of the molecule is O=C(O)CCCNC(=O)N1CCN(C(=O)c2ccc(Cl)cc2Cl)CC1. The van der Waals surface area contributed by atoms with Gasteiger partial charge in [0.25, 0.3) is 5.91 Å². The number of carbonyl (C=O) groups excluding carboxylic acids is 2. The zero-order chi connectivity index (χ0) is 18.4. The summed E-state index contributed by atoms with van der Waals surface area (Å²) < 4.78 is 0. The molecule has 1 heterocycles. The Kier molecular flexibility index (Phi) is 6.90. The smallest absolute Gasteiger partial charge is 0.317 e. The summed E-state index contributed by atoms with van der Waals surface area (Å²) in [7, 11) is 0. The molecule has 0 aliphatic carbocycles. The van der Waals surface area contributed by atoms with E-state index in [-0.39, 0.29) is 18.4 Å². The van der Waals surface area contributed by atoms with Gasteiger partial charge >= 0.3 is 12.0 Å². The van der Waals surface area contributed by atoms with Crippen molar-refractivity contribution >= 4 is 41.1 Å². The number of carboxylic acid groups (broad SMARTS) is 1. The number of urea groups is 1. The molecular weight excluding hydrogens is 369 g/mol. The van der Waals surface area contributed by atoms with Crippen LogP contribution in [0.25, 0.3) is 0 Å². The molecule has 0 spiro atoms. The number of nitrogens with one attached hydrogen (secondary N) is 1. The summed E-state index contributed by atoms with van der Waals surface area (Å²) in [4.78, 5) is 38.2. The van der Waals surface area contributed by atoms with Gasteiger partial charge in [-0.25, -0.2) is 4.79 Å². The number of carboxylic acids is 1. The molecule has 2 rings (SSSR count). The lowest BCUT2D eigenvalue weighted by molar-refractivity contribution is -0.137. The fraction of sp³-hybridized carbons (Fsp3) is 0.438. The molecule has 0 saturated carbocycles. The molecule has 7 nitrogen and oxygen atoms in total. The third kappa shape index (κ3) is 5.51. The first kappa shape index (κ1) is 19.3. The van der Waals surface area contributed by atoms with Crippen LogP contribution in [0.15, 0.2) is 18.2 Å². The number of hydrogen-bond donors (Lipinski definition) is 2. The molecule has 136 valence electrons. The highest BCUT2D eigenvalue weighted by Crippen LogP contribution is 2.22. The zero-order valence-corrected chi connectivity index (χ0v) is 15.0. The summed E-state index contributed by atoms with van der Waals surface area (Å²) in [5, 5.41) is 12.0. The molecule has 0 radical (unpaired) electrons. The summed E-state index contributed by atoms with van der Waals surface area (Å²) >= 11 is 11.9. The van der Waals surface area contributed by atoms with Gasteiger partial charge in [-0.1, -0.05) is 23.2 Å². The number of benzene rings is 1. The number of carbonyl (C=O) groups is 3. The van der Waals surface area contributed by atoms with Crippen LogP contribution in [0.1, 0.15) is 23.2 Å². The topological polar surface area (TPSA) is 89.9 Å². The van der Waals surface area contributed by atoms with Crippen molar-refractivity contribution in [2.45, 2.75) is 12.8 Å². The molecule has 1 aromatic rings. The number of nitrogens with zero attached hydrogens (tertiary/aromatic N) is 2. The van der Waals surface area contributed by atoms with Gasteiger partial charge in [0.2, 0.25) is 0 Å². The summed E-state index contributed by atoms with van der Waals surface area (Å²) in [6.45, 7) is 1.93. The predicted molar refractivity (Wildman–Crippen MR) is 94.2 cm³/mol. The van der Waals surface area contributed by atoms with E-state index < -0.39 is 5.97 Å². The first-order valence-corrected chi connectivity index (χ1v) is 8.63. The van der Waals surface area contributed by atoms with Gasteiger partial charge in [-0.2, -0.15) is 0 Å². The molecule has 0 bridgehead atoms. The lowest BCUT2D eigenvalue weighted by atomic mass is 10.2. The van der Waals surface area contributed by atoms with Crippen molar-refractivity contribution in [1.82, 2.24) is 15.1 Å². The van der Waals surface area contributed by atoms with E-state index in [9.17, 15) is 14.4 Å². The van der Waals surface area contributed by atoms with Crippen molar-refractivity contribution in [3.63, 3.8) is 0 Å². The van der Waals surface area contributed by atoms with Crippen molar-refractivity contribution in [2.24, 2.45) is 0 Å². The normalized spacial score (nSPS) is 14.3. The second-order valence-electron chi connectivity index (χ2n) is 5.63. The first-order valence-electron chi connectivity index (χ1n) is 7.87. The zero-order valence-electron chi connectivity index (χ0n) is 13.5. The third-order valence-corrected chi connectivity index (χ3v) is 4.41. The van der Waals surface area contributed by atoms with Gasteiger partial charge in [-0.05, 0) is 24.6 Å². The molecule has 0 aromatic heterocycles. The fourth-order valence-electron chi connectivity index (χ4n) is 2.49. The van der Waals surface area contributed by atoms with Crippen LogP contribution in [0.4, 0.5) is 4.79 Å². The maximum Gasteiger partial charge on any atom is 0.317 e. The number of aliphatic carboxylic acids is 1. The Hall–Kier alpha value is -1.99. The van der Waals surface area contributed by atoms with Gasteiger partial charge in [0.15, 0.2) is 0 Å². The number of halogens is 2. The Labute approximate surface area is 155 Å². The van der Waals surface area contributed by atoms with E-state index in [2.05, 4.69) is 5.32 Å². The molecular formula is C16H19Cl2N3O4. The highest BCUT2D eigenvalue weighted by molar-refractivity contribution is 6.36. The summed E-state index contributed by atoms with van der Waals surface area (Å²) in [6.07, 6.45) is 0.402. The highest BCUT2D eigenvalue weighted by atomic mass is 35.5. The largest absolute Gasteiger partial charge is 0.481 e. The molecule has 1 aliphatic rings. The molecule has 3 amide bonds. The summed E-state index contributed by atoms with van der Waals surface area (Å²) in [5.74, 6) is -1.08. The van der Waals surface area contributed by atoms with E-state index in [1.165, 1.54) is 6.07 Å². The van der Waals surface area contributed by atoms with Crippen LogP contribution in [0.5, 0.6) is 0 Å². The Morgan fingerprint density at radius 1 is 1.08 bits per heavy atom. The second kappa shape index (κ2) is 8.92. The van der Waals surface area contributed by atoms with E-state index in [0.717, 1.165) is 0 Å². The van der Waals surface area contributed by atoms with Gasteiger partial charge in [0.1, 0.15) is 0 Å². The summed E-state index contributed by atoms with van der Waals surface area (Å²) in [5.41, 5.74) is 0.387. The molecule has 1 aromatic carbocycles. The maximum absolute atomic E-state index is 12.5. The van der Waals surface area contributed by atoms with Crippen LogP contribution < -0.4 is 5.32 Å². The van der Waals surface area contributed by atoms with E-state index >= 15 is 0 Å². The minimum atomic E-state index is -0.887. The fourth-order valence-corrected chi connectivity index (χ4v) is 2.98. The molecule has 1 aliphatic heterocycles. The molecule has 0 atom stereocenters. The van der Waals surface area contributed by atoms with E-state index in [4.69, 9.17) is 28.3 Å². The molecule has 0 unspecified atom stereocenters. The summed E-state index contributed by atoms with van der Waals surface area (Å²) in [6, 6.07) is 4.48. The quantitative estimate of drug-likeness (QED) is 0.758. The lowest BCUT2D eigenvalue weighted by Crippen LogP contribution is -2.53. The Morgan fingerprint density at radius 3 is 2.32 bits per heavy atom. The van der Waals surface area contributed by atoms with Crippen LogP contribution >= 0.6 is 23.2 Å². The minimum Gasteiger partial charge on any atom is -0.481 e. The van der Waals surface area contributed by atoms with Crippen LogP contribution in [-0.4, -0.2) is 65.5 Å². The Bertz CT molecular complexity index is 661. The van der Waals surface area contributed by atoms with Crippen LogP contribution in [0.3, 0.4) is 0 Å². The third-order valence-electron chi connectivity index (χ3n) is 3.86. The average Bonchev–Trinajstić information content (AvgIpc) is 2.58. The van der Waals surface area contributed by atoms with Crippen molar-refractivity contribution in [3.8, 4) is 0 Å². The van der Waals surface area contributed by atoms with Crippen molar-refractivity contribution in [2.75, 3.05) is 32.7 Å². The average molecular weight is 388 g/mol. The van der Waals surface area contributed by atoms with E-state index in [1.807, 2.05) is 0 Å². The van der Waals surface area contributed by atoms with Crippen molar-refractivity contribution in [1.29, 1.82) is 0 Å². The van der Waals surface area contributed by atoms with Gasteiger partial charge in [0, 0.05) is 44.2 Å². The minimum absolute atomic E-state index is 0.0183. The van der Waals surface area contributed by atoms with Crippen molar-refractivity contribution in [3.05, 3.63) is 33.8 Å². The highest BCUT2D eigenvalue weighted by Gasteiger charge is 2.25. The van der Waals surface area contributed by atoms with Gasteiger partial charge in [-0.15, -0.1) is 0 Å². The van der Waals surface area contributed by atoms with Crippen LogP contribution in [0.2, 0.25) is 10.0 Å². The van der Waals surface area contributed by atoms with E-state index in [0.29, 0.717) is 54.8 Å². The molecule has 1 saturated heterocycles. The standard InChI is InChI=1S/C16H19Cl2N3O4/c17-11-3-4-12(13(18)10-11)15(24)20-6-8-21(9-7-20)16(25)19-5-1-2-14(22)23/h3-4,10H,1-2,5-9H2,(H,19,25)(H,22,23). The lowest BCUT2D eigenvalue weighted by Gasteiger charge is -2.34. The first-order chi connectivity index (χ1) is 11.9. The second-order valence-corrected chi connectivity index (χ2v) is 6.48. The van der Waals surface area contributed by atoms with E-state index in [1.54, 1.807) is 21.9 Å². The molecule has 9 heteroatoms. The van der Waals surface area contributed by atoms with Gasteiger partial charge in [0.05, 0.1) is 10.6 Å². The number of piperazine rings is 1. The molecule has 1 fully saturated rings. The van der Waals surface area contributed by atoms with Crippen molar-refractivity contribution < 1.29 is 19.5 Å². The predicted octanol–water partition coefficient (Wildman–Crippen LogP) is 2.33. The maximum atomic E-state index is 12.5.